The van der Waals surface area contributed by atoms with Gasteiger partial charge in [-0.25, -0.2) is 0 Å². The summed E-state index contributed by atoms with van der Waals surface area (Å²) in [6.07, 6.45) is 6.76. The van der Waals surface area contributed by atoms with Crippen molar-refractivity contribution in [2.24, 2.45) is 0 Å². The topological polar surface area (TPSA) is 29.5 Å². The largest absolute Gasteiger partial charge is 0.507 e. The van der Waals surface area contributed by atoms with Gasteiger partial charge in [-0.1, -0.05) is 53.6 Å². The molecule has 0 heterocycles. The molecule has 0 amide bonds. The Morgan fingerprint density at radius 1 is 1.04 bits per heavy atom. The predicted octanol–water partition coefficient (Wildman–Crippen LogP) is 5.39. The second-order valence-corrected chi connectivity index (χ2v) is 5.95. The Morgan fingerprint density at radius 3 is 2.30 bits per heavy atom. The summed E-state index contributed by atoms with van der Waals surface area (Å²) < 4.78 is 5.44. The van der Waals surface area contributed by atoms with E-state index in [9.17, 15) is 5.11 Å². The number of hydrogen-bond donors (Lipinski definition) is 1. The number of phenols is 1. The summed E-state index contributed by atoms with van der Waals surface area (Å²) in [4.78, 5) is 0. The number of aromatic hydroxyl groups is 1. The molecule has 2 nitrogen and oxygen atoms in total. The normalized spacial score (nSPS) is 10.8. The van der Waals surface area contributed by atoms with Crippen LogP contribution in [0.25, 0.3) is 12.2 Å². The first-order valence-corrected chi connectivity index (χ1v) is 7.77. The van der Waals surface area contributed by atoms with Gasteiger partial charge >= 0.3 is 0 Å². The molecule has 0 bridgehead atoms. The van der Waals surface area contributed by atoms with Gasteiger partial charge < -0.3 is 9.84 Å². The zero-order valence-electron chi connectivity index (χ0n) is 14.3. The van der Waals surface area contributed by atoms with E-state index in [-0.39, 0.29) is 5.75 Å². The lowest BCUT2D eigenvalue weighted by atomic mass is 10.0. The minimum atomic E-state index is 0.269. The standard InChI is InChI=1S/C21H24O2/c1-15(2)5-12-19-20(22)13-18(14-21(19)23-4)11-10-17-8-6-16(3)7-9-17/h5-11,13-14,22H,12H2,1-4H3/b11-10+. The second kappa shape index (κ2) is 7.68. The first kappa shape index (κ1) is 16.9. The first-order valence-electron chi connectivity index (χ1n) is 7.77. The lowest BCUT2D eigenvalue weighted by Crippen LogP contribution is -1.93. The van der Waals surface area contributed by atoms with E-state index in [1.165, 1.54) is 11.1 Å². The van der Waals surface area contributed by atoms with E-state index in [0.29, 0.717) is 12.2 Å². The zero-order chi connectivity index (χ0) is 16.8. The molecule has 0 aliphatic heterocycles. The lowest BCUT2D eigenvalue weighted by Gasteiger charge is -2.10. The molecule has 0 radical (unpaired) electrons. The molecule has 2 rings (SSSR count). The molecular formula is C21H24O2. The first-order chi connectivity index (χ1) is 11.0. The van der Waals surface area contributed by atoms with Gasteiger partial charge in [0.05, 0.1) is 7.11 Å². The molecule has 0 fully saturated rings. The summed E-state index contributed by atoms with van der Waals surface area (Å²) in [5.41, 5.74) is 5.32. The van der Waals surface area contributed by atoms with Crippen LogP contribution in [0.2, 0.25) is 0 Å². The number of aryl methyl sites for hydroxylation is 1. The van der Waals surface area contributed by atoms with Crippen molar-refractivity contribution >= 4 is 12.2 Å². The fraction of sp³-hybridized carbons (Fsp3) is 0.238. The smallest absolute Gasteiger partial charge is 0.126 e. The van der Waals surface area contributed by atoms with Gasteiger partial charge in [-0.15, -0.1) is 0 Å². The lowest BCUT2D eigenvalue weighted by molar-refractivity contribution is 0.401. The van der Waals surface area contributed by atoms with Crippen LogP contribution in [-0.2, 0) is 6.42 Å². The van der Waals surface area contributed by atoms with Gasteiger partial charge in [-0.3, -0.25) is 0 Å². The monoisotopic (exact) mass is 308 g/mol. The molecule has 0 aliphatic rings. The van der Waals surface area contributed by atoms with Gasteiger partial charge in [0.2, 0.25) is 0 Å². The van der Waals surface area contributed by atoms with E-state index in [2.05, 4.69) is 37.3 Å². The molecular weight excluding hydrogens is 284 g/mol. The van der Waals surface area contributed by atoms with Gasteiger partial charge in [0.15, 0.2) is 0 Å². The van der Waals surface area contributed by atoms with E-state index < -0.39 is 0 Å². The molecule has 2 heteroatoms. The maximum Gasteiger partial charge on any atom is 0.126 e. The molecule has 0 unspecified atom stereocenters. The minimum absolute atomic E-state index is 0.269. The van der Waals surface area contributed by atoms with Crippen LogP contribution in [0.15, 0.2) is 48.0 Å². The van der Waals surface area contributed by atoms with E-state index in [1.54, 1.807) is 13.2 Å². The van der Waals surface area contributed by atoms with Crippen LogP contribution in [0.5, 0.6) is 11.5 Å². The van der Waals surface area contributed by atoms with Crippen LogP contribution >= 0.6 is 0 Å². The summed E-state index contributed by atoms with van der Waals surface area (Å²) in [6, 6.07) is 12.1. The summed E-state index contributed by atoms with van der Waals surface area (Å²) >= 11 is 0. The third-order valence-electron chi connectivity index (χ3n) is 3.69. The Hall–Kier alpha value is -2.48. The molecule has 0 saturated heterocycles. The van der Waals surface area contributed by atoms with Crippen molar-refractivity contribution in [2.45, 2.75) is 27.2 Å². The number of hydrogen-bond acceptors (Lipinski definition) is 2. The van der Waals surface area contributed by atoms with Gasteiger partial charge in [0, 0.05) is 5.56 Å². The van der Waals surface area contributed by atoms with E-state index in [1.807, 2.05) is 32.1 Å². The van der Waals surface area contributed by atoms with Crippen molar-refractivity contribution in [3.05, 3.63) is 70.3 Å². The predicted molar refractivity (Wildman–Crippen MR) is 97.9 cm³/mol. The highest BCUT2D eigenvalue weighted by Gasteiger charge is 2.09. The van der Waals surface area contributed by atoms with Crippen LogP contribution < -0.4 is 4.74 Å². The van der Waals surface area contributed by atoms with Gasteiger partial charge in [0.25, 0.3) is 0 Å². The Balaban J connectivity index is 2.28. The van der Waals surface area contributed by atoms with Crippen molar-refractivity contribution in [3.63, 3.8) is 0 Å². The number of phenolic OH excluding ortho intramolecular Hbond substituents is 1. The summed E-state index contributed by atoms with van der Waals surface area (Å²) in [6.45, 7) is 6.16. The Bertz CT molecular complexity index is 718. The average Bonchev–Trinajstić information content (AvgIpc) is 2.52. The highest BCUT2D eigenvalue weighted by Crippen LogP contribution is 2.31. The van der Waals surface area contributed by atoms with Crippen molar-refractivity contribution in [1.82, 2.24) is 0 Å². The van der Waals surface area contributed by atoms with E-state index in [4.69, 9.17) is 4.74 Å². The van der Waals surface area contributed by atoms with Crippen LogP contribution in [0.1, 0.15) is 36.1 Å². The van der Waals surface area contributed by atoms with Crippen LogP contribution in [0.3, 0.4) is 0 Å². The third-order valence-corrected chi connectivity index (χ3v) is 3.69. The van der Waals surface area contributed by atoms with Gasteiger partial charge in [-0.2, -0.15) is 0 Å². The number of methoxy groups -OCH3 is 1. The van der Waals surface area contributed by atoms with Crippen molar-refractivity contribution in [2.75, 3.05) is 7.11 Å². The maximum absolute atomic E-state index is 10.3. The fourth-order valence-electron chi connectivity index (χ4n) is 2.31. The summed E-state index contributed by atoms with van der Waals surface area (Å²) in [7, 11) is 1.63. The molecule has 1 N–H and O–H groups in total. The van der Waals surface area contributed by atoms with E-state index in [0.717, 1.165) is 16.7 Å². The second-order valence-electron chi connectivity index (χ2n) is 5.95. The Morgan fingerprint density at radius 2 is 1.70 bits per heavy atom. The highest BCUT2D eigenvalue weighted by molar-refractivity contribution is 5.72. The number of allylic oxidation sites excluding steroid dienone is 2. The molecule has 0 saturated carbocycles. The maximum atomic E-state index is 10.3. The fourth-order valence-corrected chi connectivity index (χ4v) is 2.31. The Kier molecular flexibility index (Phi) is 5.64. The highest BCUT2D eigenvalue weighted by atomic mass is 16.5. The SMILES string of the molecule is COc1cc(/C=C/c2ccc(C)cc2)cc(O)c1CC=C(C)C. The van der Waals surface area contributed by atoms with Crippen LogP contribution in [-0.4, -0.2) is 12.2 Å². The molecule has 0 aliphatic carbocycles. The molecule has 0 aromatic heterocycles. The van der Waals surface area contributed by atoms with E-state index >= 15 is 0 Å². The van der Waals surface area contributed by atoms with Crippen LogP contribution in [0.4, 0.5) is 0 Å². The van der Waals surface area contributed by atoms with Crippen molar-refractivity contribution in [1.29, 1.82) is 0 Å². The van der Waals surface area contributed by atoms with Gasteiger partial charge in [0.1, 0.15) is 11.5 Å². The molecule has 0 spiro atoms. The quantitative estimate of drug-likeness (QED) is 0.593. The zero-order valence-corrected chi connectivity index (χ0v) is 14.3. The van der Waals surface area contributed by atoms with Crippen molar-refractivity contribution in [3.8, 4) is 11.5 Å². The number of rotatable bonds is 5. The summed E-state index contributed by atoms with van der Waals surface area (Å²) in [5.74, 6) is 0.983. The molecule has 0 atom stereocenters. The molecule has 23 heavy (non-hydrogen) atoms. The molecule has 2 aromatic carbocycles. The summed E-state index contributed by atoms with van der Waals surface area (Å²) in [5, 5.41) is 10.3. The van der Waals surface area contributed by atoms with Gasteiger partial charge in [-0.05, 0) is 50.5 Å². The Labute approximate surface area is 138 Å². The number of ether oxygens (including phenoxy) is 1. The molecule has 120 valence electrons. The van der Waals surface area contributed by atoms with Crippen LogP contribution in [0, 0.1) is 6.92 Å². The third kappa shape index (κ3) is 4.75. The molecule has 2 aromatic rings. The average molecular weight is 308 g/mol. The number of benzene rings is 2. The minimum Gasteiger partial charge on any atom is -0.507 e. The van der Waals surface area contributed by atoms with Crippen molar-refractivity contribution < 1.29 is 9.84 Å².